The number of unbranched alkanes of at least 4 members (excludes halogenated alkanes) is 7. The van der Waals surface area contributed by atoms with Crippen molar-refractivity contribution >= 4 is 22.5 Å². The first kappa shape index (κ1) is 21.5. The minimum atomic E-state index is -0.0851. The van der Waals surface area contributed by atoms with E-state index in [1.165, 1.54) is 44.9 Å². The van der Waals surface area contributed by atoms with E-state index >= 15 is 0 Å². The van der Waals surface area contributed by atoms with Crippen LogP contribution in [0.25, 0.3) is 10.9 Å². The third kappa shape index (κ3) is 6.13. The van der Waals surface area contributed by atoms with Crippen molar-refractivity contribution in [2.24, 2.45) is 0 Å². The normalized spacial score (nSPS) is 13.0. The summed E-state index contributed by atoms with van der Waals surface area (Å²) in [4.78, 5) is 29.4. The Labute approximate surface area is 173 Å². The van der Waals surface area contributed by atoms with Crippen LogP contribution in [0.2, 0.25) is 0 Å². The Kier molecular flexibility index (Phi) is 8.23. The molecule has 2 heterocycles. The molecule has 0 fully saturated rings. The number of hydrogen-bond donors (Lipinski definition) is 2. The van der Waals surface area contributed by atoms with Crippen LogP contribution in [0.4, 0.5) is 5.69 Å². The smallest absolute Gasteiger partial charge is 0.261 e. The molecule has 1 aromatic heterocycles. The van der Waals surface area contributed by atoms with Gasteiger partial charge in [-0.2, -0.15) is 0 Å². The summed E-state index contributed by atoms with van der Waals surface area (Å²) in [6.07, 6.45) is 12.1. The van der Waals surface area contributed by atoms with Gasteiger partial charge in [0.2, 0.25) is 5.91 Å². The average molecular weight is 399 g/mol. The van der Waals surface area contributed by atoms with Crippen molar-refractivity contribution in [3.8, 4) is 0 Å². The lowest BCUT2D eigenvalue weighted by Crippen LogP contribution is -2.29. The second-order valence-electron chi connectivity index (χ2n) is 8.02. The standard InChI is InChI=1S/C23H34N4O2/c1-2-3-4-5-6-7-8-9-14-24-17-22(28)25-18-12-13-20-19(16-18)23(29)27-15-10-11-21(27)26-20/h12-13,16,24H,2-11,14-15,17H2,1H3,(H,25,28). The van der Waals surface area contributed by atoms with Gasteiger partial charge in [-0.15, -0.1) is 0 Å². The highest BCUT2D eigenvalue weighted by Gasteiger charge is 2.16. The van der Waals surface area contributed by atoms with Crippen LogP contribution in [-0.4, -0.2) is 28.5 Å². The summed E-state index contributed by atoms with van der Waals surface area (Å²) in [5.41, 5.74) is 1.34. The van der Waals surface area contributed by atoms with Crippen molar-refractivity contribution in [1.29, 1.82) is 0 Å². The van der Waals surface area contributed by atoms with Crippen LogP contribution < -0.4 is 16.2 Å². The molecule has 0 radical (unpaired) electrons. The molecule has 0 atom stereocenters. The summed E-state index contributed by atoms with van der Waals surface area (Å²) < 4.78 is 1.75. The summed E-state index contributed by atoms with van der Waals surface area (Å²) in [5, 5.41) is 6.66. The van der Waals surface area contributed by atoms with E-state index in [-0.39, 0.29) is 18.0 Å². The van der Waals surface area contributed by atoms with Gasteiger partial charge in [-0.25, -0.2) is 4.98 Å². The van der Waals surface area contributed by atoms with E-state index in [2.05, 4.69) is 22.5 Å². The summed E-state index contributed by atoms with van der Waals surface area (Å²) in [5.74, 6) is 0.780. The van der Waals surface area contributed by atoms with E-state index in [1.54, 1.807) is 10.6 Å². The molecule has 29 heavy (non-hydrogen) atoms. The maximum Gasteiger partial charge on any atom is 0.261 e. The minimum Gasteiger partial charge on any atom is -0.325 e. The van der Waals surface area contributed by atoms with Gasteiger partial charge in [0.1, 0.15) is 5.82 Å². The zero-order valence-electron chi connectivity index (χ0n) is 17.6. The van der Waals surface area contributed by atoms with Crippen LogP contribution >= 0.6 is 0 Å². The van der Waals surface area contributed by atoms with Crippen molar-refractivity contribution in [2.45, 2.75) is 77.7 Å². The van der Waals surface area contributed by atoms with Crippen molar-refractivity contribution in [2.75, 3.05) is 18.4 Å². The van der Waals surface area contributed by atoms with Gasteiger partial charge < -0.3 is 10.6 Å². The van der Waals surface area contributed by atoms with E-state index < -0.39 is 0 Å². The molecule has 0 saturated carbocycles. The molecule has 0 unspecified atom stereocenters. The maximum atomic E-state index is 12.6. The first-order valence-electron chi connectivity index (χ1n) is 11.2. The van der Waals surface area contributed by atoms with Gasteiger partial charge in [0.25, 0.3) is 5.56 Å². The number of fused-ring (bicyclic) bond motifs is 2. The number of carbonyl (C=O) groups excluding carboxylic acids is 1. The molecule has 3 rings (SSSR count). The van der Waals surface area contributed by atoms with Crippen molar-refractivity contribution in [3.63, 3.8) is 0 Å². The molecule has 0 bridgehead atoms. The number of anilines is 1. The lowest BCUT2D eigenvalue weighted by molar-refractivity contribution is -0.115. The van der Waals surface area contributed by atoms with Gasteiger partial charge in [0.15, 0.2) is 0 Å². The molecule has 6 nitrogen and oxygen atoms in total. The van der Waals surface area contributed by atoms with Crippen molar-refractivity contribution < 1.29 is 4.79 Å². The zero-order chi connectivity index (χ0) is 20.5. The lowest BCUT2D eigenvalue weighted by Gasteiger charge is -2.09. The van der Waals surface area contributed by atoms with Crippen LogP contribution in [0.15, 0.2) is 23.0 Å². The summed E-state index contributed by atoms with van der Waals surface area (Å²) in [7, 11) is 0. The summed E-state index contributed by atoms with van der Waals surface area (Å²) in [6, 6.07) is 5.38. The molecule has 1 aliphatic heterocycles. The van der Waals surface area contributed by atoms with Gasteiger partial charge in [-0.1, -0.05) is 51.9 Å². The number of hydrogen-bond acceptors (Lipinski definition) is 4. The van der Waals surface area contributed by atoms with Crippen LogP contribution in [0, 0.1) is 0 Å². The molecule has 2 aromatic rings. The molecule has 0 aliphatic carbocycles. The number of aryl methyl sites for hydroxylation is 1. The van der Waals surface area contributed by atoms with Crippen LogP contribution in [-0.2, 0) is 17.8 Å². The molecule has 1 aliphatic rings. The van der Waals surface area contributed by atoms with Crippen molar-refractivity contribution in [3.05, 3.63) is 34.4 Å². The van der Waals surface area contributed by atoms with Gasteiger partial charge in [-0.05, 0) is 37.6 Å². The maximum absolute atomic E-state index is 12.6. The topological polar surface area (TPSA) is 76.0 Å². The summed E-state index contributed by atoms with van der Waals surface area (Å²) in [6.45, 7) is 4.12. The molecular formula is C23H34N4O2. The van der Waals surface area contributed by atoms with Crippen LogP contribution in [0.1, 0.15) is 70.5 Å². The number of amides is 1. The number of rotatable bonds is 12. The molecule has 1 aromatic carbocycles. The highest BCUT2D eigenvalue weighted by atomic mass is 16.2. The van der Waals surface area contributed by atoms with Gasteiger partial charge in [0.05, 0.1) is 17.4 Å². The van der Waals surface area contributed by atoms with E-state index in [0.717, 1.165) is 38.2 Å². The fraction of sp³-hybridized carbons (Fsp3) is 0.609. The number of nitrogens with zero attached hydrogens (tertiary/aromatic N) is 2. The second kappa shape index (κ2) is 11.1. The first-order valence-corrected chi connectivity index (χ1v) is 11.2. The fourth-order valence-electron chi connectivity index (χ4n) is 3.95. The Bertz CT molecular complexity index is 875. The largest absolute Gasteiger partial charge is 0.325 e. The fourth-order valence-corrected chi connectivity index (χ4v) is 3.95. The molecule has 6 heteroatoms. The molecule has 0 saturated heterocycles. The highest BCUT2D eigenvalue weighted by Crippen LogP contribution is 2.18. The van der Waals surface area contributed by atoms with E-state index in [4.69, 9.17) is 0 Å². The van der Waals surface area contributed by atoms with Gasteiger partial charge in [0, 0.05) is 18.7 Å². The zero-order valence-corrected chi connectivity index (χ0v) is 17.6. The quantitative estimate of drug-likeness (QED) is 0.530. The SMILES string of the molecule is CCCCCCCCCCNCC(=O)Nc1ccc2nc3n(c(=O)c2c1)CCC3. The molecular weight excluding hydrogens is 364 g/mol. The molecule has 2 N–H and O–H groups in total. The lowest BCUT2D eigenvalue weighted by atomic mass is 10.1. The number of benzene rings is 1. The third-order valence-corrected chi connectivity index (χ3v) is 5.59. The average Bonchev–Trinajstić information content (AvgIpc) is 3.19. The van der Waals surface area contributed by atoms with Gasteiger partial charge >= 0.3 is 0 Å². The van der Waals surface area contributed by atoms with E-state index in [9.17, 15) is 9.59 Å². The van der Waals surface area contributed by atoms with E-state index in [1.807, 2.05) is 12.1 Å². The molecule has 1 amide bonds. The predicted molar refractivity (Wildman–Crippen MR) is 118 cm³/mol. The first-order chi connectivity index (χ1) is 14.2. The number of aromatic nitrogens is 2. The Morgan fingerprint density at radius 2 is 1.86 bits per heavy atom. The van der Waals surface area contributed by atoms with Crippen molar-refractivity contribution in [1.82, 2.24) is 14.9 Å². The van der Waals surface area contributed by atoms with Crippen LogP contribution in [0.3, 0.4) is 0 Å². The minimum absolute atomic E-state index is 0.00795. The molecule has 158 valence electrons. The number of carbonyl (C=O) groups is 1. The highest BCUT2D eigenvalue weighted by molar-refractivity contribution is 5.94. The monoisotopic (exact) mass is 398 g/mol. The Balaban J connectivity index is 1.38. The Morgan fingerprint density at radius 1 is 1.10 bits per heavy atom. The van der Waals surface area contributed by atoms with E-state index in [0.29, 0.717) is 16.6 Å². The second-order valence-corrected chi connectivity index (χ2v) is 8.02. The Hall–Kier alpha value is -2.21. The van der Waals surface area contributed by atoms with Crippen LogP contribution in [0.5, 0.6) is 0 Å². The predicted octanol–water partition coefficient (Wildman–Crippen LogP) is 4.01. The Morgan fingerprint density at radius 3 is 2.66 bits per heavy atom. The number of nitrogens with one attached hydrogen (secondary N) is 2. The van der Waals surface area contributed by atoms with Gasteiger partial charge in [-0.3, -0.25) is 14.2 Å². The summed E-state index contributed by atoms with van der Waals surface area (Å²) >= 11 is 0. The molecule has 0 spiro atoms. The third-order valence-electron chi connectivity index (χ3n) is 5.59.